The summed E-state index contributed by atoms with van der Waals surface area (Å²) in [5.74, 6) is 0.915. The predicted octanol–water partition coefficient (Wildman–Crippen LogP) is 2.86. The summed E-state index contributed by atoms with van der Waals surface area (Å²) >= 11 is 6.29. The molecular formula is C22H31ClN6O. The highest BCUT2D eigenvalue weighted by Gasteiger charge is 2.27. The summed E-state index contributed by atoms with van der Waals surface area (Å²) in [6, 6.07) is 8.51. The molecule has 8 heteroatoms. The van der Waals surface area contributed by atoms with Gasteiger partial charge >= 0.3 is 0 Å². The van der Waals surface area contributed by atoms with Crippen LogP contribution in [0.2, 0.25) is 5.02 Å². The lowest BCUT2D eigenvalue weighted by molar-refractivity contribution is -0.00812. The lowest BCUT2D eigenvalue weighted by Crippen LogP contribution is -2.49. The van der Waals surface area contributed by atoms with Crippen LogP contribution in [0.1, 0.15) is 36.1 Å². The summed E-state index contributed by atoms with van der Waals surface area (Å²) < 4.78 is 7.81. The Labute approximate surface area is 183 Å². The molecule has 1 N–H and O–H groups in total. The minimum Gasteiger partial charge on any atom is -0.370 e. The van der Waals surface area contributed by atoms with Crippen molar-refractivity contribution in [2.45, 2.75) is 25.0 Å². The number of rotatable bonds is 5. The van der Waals surface area contributed by atoms with Crippen molar-refractivity contribution >= 4 is 17.6 Å². The zero-order valence-electron chi connectivity index (χ0n) is 17.8. The van der Waals surface area contributed by atoms with Gasteiger partial charge in [0.05, 0.1) is 25.4 Å². The molecule has 2 aliphatic rings. The summed E-state index contributed by atoms with van der Waals surface area (Å²) in [4.78, 5) is 9.39. The van der Waals surface area contributed by atoms with Gasteiger partial charge in [0.1, 0.15) is 6.10 Å². The van der Waals surface area contributed by atoms with Gasteiger partial charge in [-0.1, -0.05) is 23.7 Å². The second-order valence-electron chi connectivity index (χ2n) is 7.99. The van der Waals surface area contributed by atoms with Crippen molar-refractivity contribution in [1.82, 2.24) is 24.9 Å². The Morgan fingerprint density at radius 1 is 1.33 bits per heavy atom. The van der Waals surface area contributed by atoms with Gasteiger partial charge in [0.25, 0.3) is 0 Å². The summed E-state index contributed by atoms with van der Waals surface area (Å²) in [5, 5.41) is 8.69. The van der Waals surface area contributed by atoms with E-state index in [0.29, 0.717) is 6.61 Å². The van der Waals surface area contributed by atoms with E-state index in [0.717, 1.165) is 49.3 Å². The standard InChI is InChI=1S/C22H31ClN6O/c1-24-22(29-10-11-30-21(16-29)18-13-26-27(2)15-18)25-14-20(28-8-3-4-9-28)17-6-5-7-19(23)12-17/h5-7,12-13,15,20-21H,3-4,8-11,14,16H2,1-2H3,(H,24,25). The Hall–Kier alpha value is -2.09. The number of ether oxygens (including phenoxy) is 1. The van der Waals surface area contributed by atoms with E-state index in [2.05, 4.69) is 37.3 Å². The van der Waals surface area contributed by atoms with Gasteiger partial charge in [-0.05, 0) is 43.6 Å². The maximum Gasteiger partial charge on any atom is 0.193 e. The first-order chi connectivity index (χ1) is 14.6. The molecule has 2 aliphatic heterocycles. The van der Waals surface area contributed by atoms with E-state index in [1.165, 1.54) is 18.4 Å². The molecule has 0 saturated carbocycles. The molecule has 3 heterocycles. The number of benzene rings is 1. The monoisotopic (exact) mass is 430 g/mol. The molecule has 1 aromatic carbocycles. The molecule has 4 rings (SSSR count). The minimum atomic E-state index is 0.00769. The maximum absolute atomic E-state index is 6.29. The third-order valence-electron chi connectivity index (χ3n) is 5.94. The van der Waals surface area contributed by atoms with Crippen molar-refractivity contribution in [3.8, 4) is 0 Å². The molecule has 0 aliphatic carbocycles. The van der Waals surface area contributed by atoms with E-state index < -0.39 is 0 Å². The van der Waals surface area contributed by atoms with Gasteiger partial charge < -0.3 is 15.0 Å². The molecule has 0 radical (unpaired) electrons. The van der Waals surface area contributed by atoms with E-state index in [-0.39, 0.29) is 12.1 Å². The van der Waals surface area contributed by atoms with Gasteiger partial charge in [0, 0.05) is 44.0 Å². The van der Waals surface area contributed by atoms with Crippen molar-refractivity contribution < 1.29 is 4.74 Å². The lowest BCUT2D eigenvalue weighted by atomic mass is 10.1. The van der Waals surface area contributed by atoms with E-state index in [4.69, 9.17) is 16.3 Å². The molecule has 162 valence electrons. The van der Waals surface area contributed by atoms with Gasteiger partial charge in [-0.15, -0.1) is 0 Å². The summed E-state index contributed by atoms with van der Waals surface area (Å²) in [6.07, 6.45) is 6.41. The molecule has 7 nitrogen and oxygen atoms in total. The van der Waals surface area contributed by atoms with Crippen molar-refractivity contribution in [3.63, 3.8) is 0 Å². The van der Waals surface area contributed by atoms with Crippen LogP contribution in [0.15, 0.2) is 41.7 Å². The number of nitrogens with zero attached hydrogens (tertiary/aromatic N) is 5. The normalized spacial score (nSPS) is 21.8. The van der Waals surface area contributed by atoms with Crippen LogP contribution in [0.5, 0.6) is 0 Å². The topological polar surface area (TPSA) is 57.9 Å². The number of hydrogen-bond acceptors (Lipinski definition) is 4. The smallest absolute Gasteiger partial charge is 0.193 e. The quantitative estimate of drug-likeness (QED) is 0.584. The first-order valence-electron chi connectivity index (χ1n) is 10.7. The molecule has 1 aromatic heterocycles. The van der Waals surface area contributed by atoms with Crippen LogP contribution in [0.25, 0.3) is 0 Å². The van der Waals surface area contributed by atoms with E-state index in [9.17, 15) is 0 Å². The van der Waals surface area contributed by atoms with Gasteiger partial charge in [-0.2, -0.15) is 5.10 Å². The lowest BCUT2D eigenvalue weighted by Gasteiger charge is -2.36. The van der Waals surface area contributed by atoms with E-state index >= 15 is 0 Å². The van der Waals surface area contributed by atoms with Gasteiger partial charge in [0.15, 0.2) is 5.96 Å². The second-order valence-corrected chi connectivity index (χ2v) is 8.43. The summed E-state index contributed by atoms with van der Waals surface area (Å²) in [6.45, 7) is 5.29. The molecule has 0 spiro atoms. The maximum atomic E-state index is 6.29. The molecule has 0 bridgehead atoms. The number of nitrogens with one attached hydrogen (secondary N) is 1. The number of aryl methyl sites for hydroxylation is 1. The molecule has 0 amide bonds. The highest BCUT2D eigenvalue weighted by atomic mass is 35.5. The average molecular weight is 431 g/mol. The number of halogens is 1. The minimum absolute atomic E-state index is 0.00769. The van der Waals surface area contributed by atoms with E-state index in [1.54, 1.807) is 0 Å². The highest BCUT2D eigenvalue weighted by Crippen LogP contribution is 2.27. The van der Waals surface area contributed by atoms with Crippen molar-refractivity contribution in [1.29, 1.82) is 0 Å². The number of aromatic nitrogens is 2. The Kier molecular flexibility index (Phi) is 6.92. The second kappa shape index (κ2) is 9.81. The van der Waals surface area contributed by atoms with Crippen LogP contribution in [0.3, 0.4) is 0 Å². The Bertz CT molecular complexity index is 863. The fourth-order valence-corrected chi connectivity index (χ4v) is 4.59. The number of hydrogen-bond donors (Lipinski definition) is 1. The molecule has 2 saturated heterocycles. The number of likely N-dealkylation sites (tertiary alicyclic amines) is 1. The van der Waals surface area contributed by atoms with Crippen LogP contribution in [-0.4, -0.2) is 71.9 Å². The molecule has 2 unspecified atom stereocenters. The zero-order valence-corrected chi connectivity index (χ0v) is 18.6. The van der Waals surface area contributed by atoms with Crippen LogP contribution < -0.4 is 5.32 Å². The van der Waals surface area contributed by atoms with Crippen molar-refractivity contribution in [2.75, 3.05) is 46.4 Å². The van der Waals surface area contributed by atoms with Crippen LogP contribution in [0, 0.1) is 0 Å². The van der Waals surface area contributed by atoms with Crippen molar-refractivity contribution in [3.05, 3.63) is 52.8 Å². The van der Waals surface area contributed by atoms with Crippen LogP contribution >= 0.6 is 11.6 Å². The third kappa shape index (κ3) is 4.96. The van der Waals surface area contributed by atoms with E-state index in [1.807, 2.05) is 43.3 Å². The first-order valence-corrected chi connectivity index (χ1v) is 11.1. The molecule has 2 aromatic rings. The number of guanidine groups is 1. The molecular weight excluding hydrogens is 400 g/mol. The SMILES string of the molecule is CN=C(NCC(c1cccc(Cl)c1)N1CCCC1)N1CCOC(c2cnn(C)c2)C1. The average Bonchev–Trinajstić information content (AvgIpc) is 3.43. The summed E-state index contributed by atoms with van der Waals surface area (Å²) in [7, 11) is 3.78. The Balaban J connectivity index is 1.44. The van der Waals surface area contributed by atoms with Crippen LogP contribution in [0.4, 0.5) is 0 Å². The molecule has 2 atom stereocenters. The fraction of sp³-hybridized carbons (Fsp3) is 0.545. The van der Waals surface area contributed by atoms with Gasteiger partial charge in [-0.25, -0.2) is 0 Å². The fourth-order valence-electron chi connectivity index (χ4n) is 4.39. The Morgan fingerprint density at radius 2 is 2.17 bits per heavy atom. The summed E-state index contributed by atoms with van der Waals surface area (Å²) in [5.41, 5.74) is 2.36. The third-order valence-corrected chi connectivity index (χ3v) is 6.18. The van der Waals surface area contributed by atoms with Gasteiger partial charge in [-0.3, -0.25) is 14.6 Å². The van der Waals surface area contributed by atoms with Gasteiger partial charge in [0.2, 0.25) is 0 Å². The highest BCUT2D eigenvalue weighted by molar-refractivity contribution is 6.30. The number of aliphatic imine (C=N–C) groups is 1. The Morgan fingerprint density at radius 3 is 2.87 bits per heavy atom. The predicted molar refractivity (Wildman–Crippen MR) is 120 cm³/mol. The number of morpholine rings is 1. The van der Waals surface area contributed by atoms with Crippen molar-refractivity contribution in [2.24, 2.45) is 12.0 Å². The molecule has 30 heavy (non-hydrogen) atoms. The largest absolute Gasteiger partial charge is 0.370 e. The molecule has 2 fully saturated rings. The first kappa shape index (κ1) is 21.2. The zero-order chi connectivity index (χ0) is 20.9. The van der Waals surface area contributed by atoms with Crippen LogP contribution in [-0.2, 0) is 11.8 Å².